The minimum Gasteiger partial charge on any atom is -0.490 e. The second-order valence-electron chi connectivity index (χ2n) is 13.9. The molecule has 13 heteroatoms. The summed E-state index contributed by atoms with van der Waals surface area (Å²) in [5.41, 5.74) is 1.42. The zero-order chi connectivity index (χ0) is 34.0. The van der Waals surface area contributed by atoms with E-state index in [1.807, 2.05) is 45.6 Å². The van der Waals surface area contributed by atoms with Crippen molar-refractivity contribution in [3.05, 3.63) is 59.4 Å². The van der Waals surface area contributed by atoms with Crippen molar-refractivity contribution in [2.45, 2.75) is 103 Å². The van der Waals surface area contributed by atoms with Crippen molar-refractivity contribution < 1.29 is 28.2 Å². The van der Waals surface area contributed by atoms with E-state index in [2.05, 4.69) is 25.1 Å². The van der Waals surface area contributed by atoms with Crippen LogP contribution in [-0.4, -0.2) is 85.4 Å². The van der Waals surface area contributed by atoms with Gasteiger partial charge in [-0.3, -0.25) is 9.78 Å². The van der Waals surface area contributed by atoms with E-state index < -0.39 is 11.4 Å². The van der Waals surface area contributed by atoms with Crippen LogP contribution in [0.25, 0.3) is 0 Å². The van der Waals surface area contributed by atoms with Crippen molar-refractivity contribution in [1.82, 2.24) is 30.0 Å². The fourth-order valence-electron chi connectivity index (χ4n) is 6.41. The summed E-state index contributed by atoms with van der Waals surface area (Å²) in [4.78, 5) is 40.9. The van der Waals surface area contributed by atoms with E-state index in [4.69, 9.17) is 14.2 Å². The molecule has 3 aliphatic rings. The summed E-state index contributed by atoms with van der Waals surface area (Å²) in [6.45, 7) is 11.7. The number of carbonyl (C=O) groups excluding carboxylic acids is 2. The highest BCUT2D eigenvalue weighted by atomic mass is 19.1. The largest absolute Gasteiger partial charge is 0.490 e. The summed E-state index contributed by atoms with van der Waals surface area (Å²) in [5, 5.41) is 8.16. The van der Waals surface area contributed by atoms with Crippen LogP contribution in [0.4, 0.5) is 15.0 Å². The Balaban J connectivity index is 1.12. The zero-order valence-electron chi connectivity index (χ0n) is 28.3. The maximum Gasteiger partial charge on any atom is 0.410 e. The Kier molecular flexibility index (Phi) is 9.66. The Bertz CT molecular complexity index is 1640. The lowest BCUT2D eigenvalue weighted by Crippen LogP contribution is -2.48. The lowest BCUT2D eigenvalue weighted by atomic mass is 9.90. The van der Waals surface area contributed by atoms with Gasteiger partial charge in [-0.1, -0.05) is 0 Å². The van der Waals surface area contributed by atoms with Gasteiger partial charge in [0.1, 0.15) is 35.3 Å². The Hall–Kier alpha value is -4.55. The van der Waals surface area contributed by atoms with Crippen LogP contribution in [0.3, 0.4) is 0 Å². The Morgan fingerprint density at radius 3 is 2.48 bits per heavy atom. The Morgan fingerprint density at radius 1 is 1.02 bits per heavy atom. The number of rotatable bonds is 8. The van der Waals surface area contributed by atoms with E-state index in [0.717, 1.165) is 49.1 Å². The molecule has 3 aromatic rings. The van der Waals surface area contributed by atoms with Crippen molar-refractivity contribution in [3.63, 3.8) is 0 Å². The first-order valence-corrected chi connectivity index (χ1v) is 16.8. The minimum absolute atomic E-state index is 0.0364. The van der Waals surface area contributed by atoms with E-state index in [0.29, 0.717) is 38.4 Å². The number of anilines is 1. The van der Waals surface area contributed by atoms with Crippen molar-refractivity contribution in [1.29, 1.82) is 0 Å². The SMILES string of the molecule is CC(C)N(C(=O)c1cc(F)ccc1Oc1nncnc1N1CCC(Oc2ccnc3c2CCN(C(=O)OC(C)(C)C)C3)CC1)C1CCC1. The summed E-state index contributed by atoms with van der Waals surface area (Å²) < 4.78 is 32.7. The number of pyridine rings is 1. The molecule has 4 heterocycles. The highest BCUT2D eigenvalue weighted by Crippen LogP contribution is 2.36. The number of hydrogen-bond donors (Lipinski definition) is 0. The molecule has 1 saturated heterocycles. The predicted molar refractivity (Wildman–Crippen MR) is 176 cm³/mol. The van der Waals surface area contributed by atoms with Crippen LogP contribution < -0.4 is 14.4 Å². The number of amides is 2. The topological polar surface area (TPSA) is 123 Å². The molecule has 1 saturated carbocycles. The summed E-state index contributed by atoms with van der Waals surface area (Å²) in [5.74, 6) is 0.862. The molecule has 2 aliphatic heterocycles. The van der Waals surface area contributed by atoms with Crippen LogP contribution in [0.5, 0.6) is 17.4 Å². The average molecular weight is 662 g/mol. The lowest BCUT2D eigenvalue weighted by molar-refractivity contribution is 0.0218. The van der Waals surface area contributed by atoms with Crippen molar-refractivity contribution in [2.75, 3.05) is 24.5 Å². The molecule has 0 radical (unpaired) electrons. The molecule has 2 amide bonds. The highest BCUT2D eigenvalue weighted by Gasteiger charge is 2.34. The van der Waals surface area contributed by atoms with E-state index in [-0.39, 0.29) is 47.4 Å². The fraction of sp³-hybridized carbons (Fsp3) is 0.543. The summed E-state index contributed by atoms with van der Waals surface area (Å²) in [7, 11) is 0. The standard InChI is InChI=1S/C35H44FN7O5/c1-22(2)43(24-7-6-8-24)33(44)27-19-23(36)9-10-29(27)47-32-31(38-21-39-40-32)41-16-12-25(13-17-41)46-30-11-15-37-28-20-42(18-14-26(28)30)34(45)48-35(3,4)5/h9-11,15,19,21-22,24-25H,6-8,12-14,16-18,20H2,1-5H3. The fourth-order valence-corrected chi connectivity index (χ4v) is 6.41. The van der Waals surface area contributed by atoms with Gasteiger partial charge < -0.3 is 28.9 Å². The van der Waals surface area contributed by atoms with Gasteiger partial charge in [0, 0.05) is 56.3 Å². The second kappa shape index (κ2) is 13.9. The summed E-state index contributed by atoms with van der Waals surface area (Å²) >= 11 is 0. The van der Waals surface area contributed by atoms with Crippen molar-refractivity contribution in [2.24, 2.45) is 0 Å². The van der Waals surface area contributed by atoms with Gasteiger partial charge >= 0.3 is 6.09 Å². The molecular weight excluding hydrogens is 617 g/mol. The molecule has 48 heavy (non-hydrogen) atoms. The lowest BCUT2D eigenvalue weighted by Gasteiger charge is -2.40. The molecule has 0 atom stereocenters. The second-order valence-corrected chi connectivity index (χ2v) is 13.9. The predicted octanol–water partition coefficient (Wildman–Crippen LogP) is 5.94. The zero-order valence-corrected chi connectivity index (χ0v) is 28.3. The maximum absolute atomic E-state index is 14.5. The number of halogens is 1. The van der Waals surface area contributed by atoms with Gasteiger partial charge in [0.15, 0.2) is 5.82 Å². The van der Waals surface area contributed by atoms with Crippen molar-refractivity contribution in [3.8, 4) is 17.4 Å². The quantitative estimate of drug-likeness (QED) is 0.287. The van der Waals surface area contributed by atoms with Crippen LogP contribution in [0, 0.1) is 5.82 Å². The van der Waals surface area contributed by atoms with Crippen LogP contribution >= 0.6 is 0 Å². The van der Waals surface area contributed by atoms with E-state index >= 15 is 0 Å². The normalized spacial score (nSPS) is 17.1. The number of ether oxygens (including phenoxy) is 3. The van der Waals surface area contributed by atoms with E-state index in [9.17, 15) is 14.0 Å². The van der Waals surface area contributed by atoms with Gasteiger partial charge in [0.2, 0.25) is 0 Å². The molecule has 2 fully saturated rings. The minimum atomic E-state index is -0.563. The third-order valence-electron chi connectivity index (χ3n) is 8.97. The van der Waals surface area contributed by atoms with E-state index in [1.54, 1.807) is 11.1 Å². The van der Waals surface area contributed by atoms with Gasteiger partial charge in [-0.15, -0.1) is 10.2 Å². The summed E-state index contributed by atoms with van der Waals surface area (Å²) in [6.07, 6.45) is 7.71. The number of carbonyl (C=O) groups is 2. The molecule has 1 aromatic carbocycles. The van der Waals surface area contributed by atoms with Gasteiger partial charge in [-0.05, 0) is 84.6 Å². The maximum atomic E-state index is 14.5. The van der Waals surface area contributed by atoms with Crippen molar-refractivity contribution >= 4 is 17.8 Å². The van der Waals surface area contributed by atoms with Crippen LogP contribution in [0.1, 0.15) is 88.3 Å². The van der Waals surface area contributed by atoms with Crippen LogP contribution in [-0.2, 0) is 17.7 Å². The number of fused-ring (bicyclic) bond motifs is 1. The monoisotopic (exact) mass is 661 g/mol. The Labute approximate surface area is 280 Å². The molecule has 0 unspecified atom stereocenters. The number of nitrogens with zero attached hydrogens (tertiary/aromatic N) is 7. The highest BCUT2D eigenvalue weighted by molar-refractivity contribution is 5.97. The first-order valence-electron chi connectivity index (χ1n) is 16.8. The van der Waals surface area contributed by atoms with Gasteiger partial charge in [-0.25, -0.2) is 14.2 Å². The number of benzene rings is 1. The van der Waals surface area contributed by atoms with Crippen LogP contribution in [0.2, 0.25) is 0 Å². The number of hydrogen-bond acceptors (Lipinski definition) is 10. The van der Waals surface area contributed by atoms with Crippen LogP contribution in [0.15, 0.2) is 36.8 Å². The molecule has 0 bridgehead atoms. The average Bonchev–Trinajstić information content (AvgIpc) is 3.03. The summed E-state index contributed by atoms with van der Waals surface area (Å²) in [6, 6.07) is 5.94. The molecule has 12 nitrogen and oxygen atoms in total. The first-order chi connectivity index (χ1) is 23.0. The van der Waals surface area contributed by atoms with Gasteiger partial charge in [-0.2, -0.15) is 0 Å². The van der Waals surface area contributed by atoms with Gasteiger partial charge in [0.05, 0.1) is 17.8 Å². The Morgan fingerprint density at radius 2 is 1.79 bits per heavy atom. The molecule has 256 valence electrons. The molecule has 2 aromatic heterocycles. The first kappa shape index (κ1) is 33.4. The number of aromatic nitrogens is 4. The smallest absolute Gasteiger partial charge is 0.410 e. The molecular formula is C35H44FN7O5. The molecule has 6 rings (SSSR count). The third kappa shape index (κ3) is 7.44. The third-order valence-corrected chi connectivity index (χ3v) is 8.97. The molecule has 0 spiro atoms. The number of piperidine rings is 1. The van der Waals surface area contributed by atoms with E-state index in [1.165, 1.54) is 24.5 Å². The molecule has 0 N–H and O–H groups in total. The molecule has 1 aliphatic carbocycles. The van der Waals surface area contributed by atoms with Gasteiger partial charge in [0.25, 0.3) is 11.8 Å².